The number of nitrogens with zero attached hydrogens (tertiary/aromatic N) is 3. The van der Waals surface area contributed by atoms with Gasteiger partial charge >= 0.3 is 6.18 Å². The maximum absolute atomic E-state index is 12.7. The molecule has 0 aliphatic carbocycles. The Kier molecular flexibility index (Phi) is 2.65. The van der Waals surface area contributed by atoms with Crippen LogP contribution in [-0.4, -0.2) is 19.6 Å². The Hall–Kier alpha value is -3.03. The zero-order valence-electron chi connectivity index (χ0n) is 11.6. The van der Waals surface area contributed by atoms with Gasteiger partial charge in [-0.15, -0.1) is 0 Å². The first-order chi connectivity index (χ1) is 10.9. The number of alkyl halides is 3. The van der Waals surface area contributed by atoms with E-state index >= 15 is 0 Å². The van der Waals surface area contributed by atoms with Gasteiger partial charge in [-0.2, -0.15) is 18.3 Å². The molecule has 0 amide bonds. The van der Waals surface area contributed by atoms with Gasteiger partial charge < -0.3 is 5.73 Å². The summed E-state index contributed by atoms with van der Waals surface area (Å²) in [4.78, 5) is 4.37. The van der Waals surface area contributed by atoms with Crippen LogP contribution in [0.4, 0.5) is 18.9 Å². The van der Waals surface area contributed by atoms with Gasteiger partial charge in [0.25, 0.3) is 0 Å². The fraction of sp³-hybridized carbons (Fsp3) is 0.0667. The topological polar surface area (TPSA) is 72.0 Å². The molecular formula is C15H10F3N5. The zero-order valence-corrected chi connectivity index (χ0v) is 11.6. The van der Waals surface area contributed by atoms with E-state index in [1.165, 1.54) is 12.1 Å². The van der Waals surface area contributed by atoms with Crippen LogP contribution in [0.1, 0.15) is 5.56 Å². The van der Waals surface area contributed by atoms with Gasteiger partial charge in [0, 0.05) is 11.3 Å². The highest BCUT2D eigenvalue weighted by atomic mass is 19.4. The third-order valence-corrected chi connectivity index (χ3v) is 3.62. The molecule has 2 heterocycles. The van der Waals surface area contributed by atoms with Gasteiger partial charge in [0.1, 0.15) is 0 Å². The van der Waals surface area contributed by atoms with Crippen molar-refractivity contribution >= 4 is 22.5 Å². The molecule has 0 fully saturated rings. The van der Waals surface area contributed by atoms with Crippen molar-refractivity contribution in [1.29, 1.82) is 0 Å². The molecule has 116 valence electrons. The molecule has 23 heavy (non-hydrogen) atoms. The number of rotatable bonds is 1. The molecule has 5 nitrogen and oxygen atoms in total. The lowest BCUT2D eigenvalue weighted by Gasteiger charge is -2.06. The standard InChI is InChI=1S/C15H10F3N5/c16-15(17,18)9-3-1-8(2-4-9)13-21-22-14-20-11-6-5-10(19)7-12(11)23(13)14/h1-7H,19H2,(H,20,22). The number of imidazole rings is 1. The van der Waals surface area contributed by atoms with Crippen molar-refractivity contribution in [2.75, 3.05) is 5.73 Å². The van der Waals surface area contributed by atoms with E-state index in [0.717, 1.165) is 23.2 Å². The van der Waals surface area contributed by atoms with Crippen molar-refractivity contribution in [2.24, 2.45) is 0 Å². The minimum absolute atomic E-state index is 0.474. The molecule has 0 saturated carbocycles. The van der Waals surface area contributed by atoms with Gasteiger partial charge in [-0.25, -0.2) is 10.1 Å². The summed E-state index contributed by atoms with van der Waals surface area (Å²) in [7, 11) is 0. The van der Waals surface area contributed by atoms with E-state index in [4.69, 9.17) is 5.73 Å². The second kappa shape index (κ2) is 4.48. The molecule has 2 aromatic carbocycles. The number of nitrogens with one attached hydrogen (secondary N) is 1. The Morgan fingerprint density at radius 2 is 1.78 bits per heavy atom. The van der Waals surface area contributed by atoms with Gasteiger partial charge in [0.15, 0.2) is 5.82 Å². The summed E-state index contributed by atoms with van der Waals surface area (Å²) in [6, 6.07) is 10.1. The first-order valence-corrected chi connectivity index (χ1v) is 6.73. The maximum Gasteiger partial charge on any atom is 0.416 e. The number of benzene rings is 2. The second-order valence-corrected chi connectivity index (χ2v) is 5.14. The maximum atomic E-state index is 12.7. The Balaban J connectivity index is 1.92. The number of fused-ring (bicyclic) bond motifs is 3. The smallest absolute Gasteiger partial charge is 0.399 e. The molecule has 2 aromatic heterocycles. The van der Waals surface area contributed by atoms with E-state index in [1.54, 1.807) is 22.6 Å². The fourth-order valence-corrected chi connectivity index (χ4v) is 2.54. The summed E-state index contributed by atoms with van der Waals surface area (Å²) in [5.41, 5.74) is 7.68. The van der Waals surface area contributed by atoms with E-state index in [1.807, 2.05) is 0 Å². The quantitative estimate of drug-likeness (QED) is 0.528. The third kappa shape index (κ3) is 2.10. The molecule has 4 aromatic rings. The molecular weight excluding hydrogens is 307 g/mol. The van der Waals surface area contributed by atoms with Crippen molar-refractivity contribution in [3.8, 4) is 11.4 Å². The lowest BCUT2D eigenvalue weighted by Crippen LogP contribution is -2.04. The molecule has 0 atom stereocenters. The predicted octanol–water partition coefficient (Wildman–Crippen LogP) is 3.48. The van der Waals surface area contributed by atoms with Crippen LogP contribution in [0.3, 0.4) is 0 Å². The van der Waals surface area contributed by atoms with Gasteiger partial charge in [0.2, 0.25) is 5.78 Å². The zero-order chi connectivity index (χ0) is 16.2. The summed E-state index contributed by atoms with van der Waals surface area (Å²) in [6.45, 7) is 0. The van der Waals surface area contributed by atoms with E-state index < -0.39 is 11.7 Å². The average molecular weight is 317 g/mol. The van der Waals surface area contributed by atoms with Crippen molar-refractivity contribution in [2.45, 2.75) is 6.18 Å². The highest BCUT2D eigenvalue weighted by molar-refractivity contribution is 5.84. The molecule has 0 bridgehead atoms. The van der Waals surface area contributed by atoms with Crippen LogP contribution < -0.4 is 5.73 Å². The molecule has 0 saturated heterocycles. The molecule has 0 radical (unpaired) electrons. The number of anilines is 1. The van der Waals surface area contributed by atoms with Crippen molar-refractivity contribution in [3.05, 3.63) is 48.0 Å². The summed E-state index contributed by atoms with van der Waals surface area (Å²) >= 11 is 0. The molecule has 0 spiro atoms. The number of aromatic nitrogens is 4. The number of H-pyrrole nitrogens is 1. The summed E-state index contributed by atoms with van der Waals surface area (Å²) in [5.74, 6) is 0.974. The number of nitrogens with two attached hydrogens (primary N) is 1. The Morgan fingerprint density at radius 3 is 2.48 bits per heavy atom. The third-order valence-electron chi connectivity index (χ3n) is 3.62. The predicted molar refractivity (Wildman–Crippen MR) is 79.7 cm³/mol. The highest BCUT2D eigenvalue weighted by Crippen LogP contribution is 2.31. The Bertz CT molecular complexity index is 1010. The number of aromatic amines is 1. The molecule has 0 aliphatic heterocycles. The van der Waals surface area contributed by atoms with E-state index in [0.29, 0.717) is 22.9 Å². The van der Waals surface area contributed by atoms with Crippen LogP contribution in [0.25, 0.3) is 28.2 Å². The van der Waals surface area contributed by atoms with Gasteiger partial charge in [0.05, 0.1) is 16.6 Å². The lowest BCUT2D eigenvalue weighted by atomic mass is 10.1. The van der Waals surface area contributed by atoms with Crippen molar-refractivity contribution in [3.63, 3.8) is 0 Å². The monoisotopic (exact) mass is 317 g/mol. The van der Waals surface area contributed by atoms with Crippen LogP contribution in [0.2, 0.25) is 0 Å². The van der Waals surface area contributed by atoms with Crippen LogP contribution in [-0.2, 0) is 6.18 Å². The number of halogens is 3. The molecule has 3 N–H and O–H groups in total. The first kappa shape index (κ1) is 13.6. The average Bonchev–Trinajstić information content (AvgIpc) is 3.06. The lowest BCUT2D eigenvalue weighted by molar-refractivity contribution is -0.137. The molecule has 4 rings (SSSR count). The SMILES string of the molecule is Nc1ccc2nc3[nH]nc(-c4ccc(C(F)(F)F)cc4)n3c2c1. The number of hydrogen-bond acceptors (Lipinski definition) is 3. The summed E-state index contributed by atoms with van der Waals surface area (Å²) in [5, 5.41) is 6.93. The van der Waals surface area contributed by atoms with Gasteiger partial charge in [-0.1, -0.05) is 12.1 Å². The van der Waals surface area contributed by atoms with E-state index in [2.05, 4.69) is 15.2 Å². The minimum atomic E-state index is -4.37. The fourth-order valence-electron chi connectivity index (χ4n) is 2.54. The normalized spacial score (nSPS) is 12.3. The Morgan fingerprint density at radius 1 is 1.04 bits per heavy atom. The van der Waals surface area contributed by atoms with Gasteiger partial charge in [-0.3, -0.25) is 4.40 Å². The molecule has 8 heteroatoms. The summed E-state index contributed by atoms with van der Waals surface area (Å²) in [6.07, 6.45) is -4.37. The van der Waals surface area contributed by atoms with Crippen molar-refractivity contribution < 1.29 is 13.2 Å². The first-order valence-electron chi connectivity index (χ1n) is 6.73. The highest BCUT2D eigenvalue weighted by Gasteiger charge is 2.30. The van der Waals surface area contributed by atoms with E-state index in [9.17, 15) is 13.2 Å². The van der Waals surface area contributed by atoms with Crippen LogP contribution >= 0.6 is 0 Å². The van der Waals surface area contributed by atoms with Gasteiger partial charge in [-0.05, 0) is 30.3 Å². The minimum Gasteiger partial charge on any atom is -0.399 e. The van der Waals surface area contributed by atoms with E-state index in [-0.39, 0.29) is 0 Å². The van der Waals surface area contributed by atoms with Crippen LogP contribution in [0.15, 0.2) is 42.5 Å². The second-order valence-electron chi connectivity index (χ2n) is 5.14. The van der Waals surface area contributed by atoms with Crippen LogP contribution in [0, 0.1) is 0 Å². The van der Waals surface area contributed by atoms with Crippen LogP contribution in [0.5, 0.6) is 0 Å². The van der Waals surface area contributed by atoms with Crippen molar-refractivity contribution in [1.82, 2.24) is 19.6 Å². The summed E-state index contributed by atoms with van der Waals surface area (Å²) < 4.78 is 39.7. The molecule has 0 unspecified atom stereocenters. The number of nitrogen functional groups attached to an aromatic ring is 1. The largest absolute Gasteiger partial charge is 0.416 e. The number of hydrogen-bond donors (Lipinski definition) is 2. The Labute approximate surface area is 127 Å². The molecule has 0 aliphatic rings.